The van der Waals surface area contributed by atoms with Crippen LogP contribution in [0.25, 0.3) is 5.69 Å². The smallest absolute Gasteiger partial charge is 0.282 e. The van der Waals surface area contributed by atoms with E-state index >= 15 is 0 Å². The van der Waals surface area contributed by atoms with Crippen LogP contribution in [0.2, 0.25) is 0 Å². The number of carbonyl (C=O) groups is 1. The molecular formula is C16H20N2O2. The first-order valence-corrected chi connectivity index (χ1v) is 6.96. The zero-order valence-electron chi connectivity index (χ0n) is 12.2. The van der Waals surface area contributed by atoms with Gasteiger partial charge in [0.15, 0.2) is 5.78 Å². The maximum absolute atomic E-state index is 12.5. The predicted molar refractivity (Wildman–Crippen MR) is 79.7 cm³/mol. The van der Waals surface area contributed by atoms with Crippen LogP contribution in [-0.2, 0) is 6.54 Å². The number of para-hydroxylation sites is 1. The van der Waals surface area contributed by atoms with E-state index in [0.29, 0.717) is 5.56 Å². The Hall–Kier alpha value is -2.10. The summed E-state index contributed by atoms with van der Waals surface area (Å²) in [6, 6.07) is 9.45. The summed E-state index contributed by atoms with van der Waals surface area (Å²) in [6.07, 6.45) is 2.01. The summed E-state index contributed by atoms with van der Waals surface area (Å²) >= 11 is 0. The minimum Gasteiger partial charge on any atom is -0.294 e. The topological polar surface area (TPSA) is 44.0 Å². The minimum absolute atomic E-state index is 0.174. The second-order valence-corrected chi connectivity index (χ2v) is 4.95. The number of hydrogen-bond donors (Lipinski definition) is 0. The Kier molecular flexibility index (Phi) is 4.23. The Labute approximate surface area is 118 Å². The Bertz CT molecular complexity index is 666. The molecule has 1 aromatic carbocycles. The van der Waals surface area contributed by atoms with Gasteiger partial charge in [-0.2, -0.15) is 0 Å². The van der Waals surface area contributed by atoms with Crippen molar-refractivity contribution in [2.24, 2.45) is 0 Å². The lowest BCUT2D eigenvalue weighted by Crippen LogP contribution is -2.23. The van der Waals surface area contributed by atoms with E-state index in [1.165, 1.54) is 6.92 Å². The minimum atomic E-state index is -0.225. The van der Waals surface area contributed by atoms with Gasteiger partial charge in [-0.25, -0.2) is 4.68 Å². The number of carbonyl (C=O) groups excluding carboxylic acids is 1. The fourth-order valence-corrected chi connectivity index (χ4v) is 2.46. The molecule has 1 aromatic heterocycles. The number of rotatable bonds is 5. The second kappa shape index (κ2) is 5.90. The molecule has 0 amide bonds. The molecule has 0 aliphatic rings. The van der Waals surface area contributed by atoms with Gasteiger partial charge in [-0.05, 0) is 32.4 Å². The molecule has 0 unspecified atom stereocenters. The number of ketones is 1. The van der Waals surface area contributed by atoms with Crippen LogP contribution in [-0.4, -0.2) is 15.1 Å². The van der Waals surface area contributed by atoms with Crippen molar-refractivity contribution in [2.45, 2.75) is 40.2 Å². The van der Waals surface area contributed by atoms with Crippen molar-refractivity contribution in [2.75, 3.05) is 0 Å². The van der Waals surface area contributed by atoms with Crippen LogP contribution in [0.3, 0.4) is 0 Å². The van der Waals surface area contributed by atoms with E-state index in [0.717, 1.165) is 30.8 Å². The standard InChI is InChI=1S/C16H20N2O2/c1-4-5-11-17-12(2)15(13(3)19)16(20)18(17)14-9-7-6-8-10-14/h6-10H,4-5,11H2,1-3H3. The highest BCUT2D eigenvalue weighted by Crippen LogP contribution is 2.13. The fourth-order valence-electron chi connectivity index (χ4n) is 2.46. The van der Waals surface area contributed by atoms with Gasteiger partial charge in [0, 0.05) is 12.2 Å². The summed E-state index contributed by atoms with van der Waals surface area (Å²) in [7, 11) is 0. The monoisotopic (exact) mass is 272 g/mol. The third-order valence-electron chi connectivity index (χ3n) is 3.47. The molecule has 0 aliphatic carbocycles. The van der Waals surface area contributed by atoms with Gasteiger partial charge in [0.05, 0.1) is 5.69 Å². The van der Waals surface area contributed by atoms with E-state index in [1.54, 1.807) is 4.68 Å². The largest absolute Gasteiger partial charge is 0.294 e. The summed E-state index contributed by atoms with van der Waals surface area (Å²) in [6.45, 7) is 6.13. The van der Waals surface area contributed by atoms with Crippen molar-refractivity contribution in [3.63, 3.8) is 0 Å². The summed E-state index contributed by atoms with van der Waals surface area (Å²) in [5, 5.41) is 0. The molecule has 106 valence electrons. The number of hydrogen-bond acceptors (Lipinski definition) is 2. The zero-order valence-corrected chi connectivity index (χ0v) is 12.2. The van der Waals surface area contributed by atoms with Gasteiger partial charge in [-0.3, -0.25) is 14.3 Å². The molecule has 20 heavy (non-hydrogen) atoms. The number of unbranched alkanes of at least 4 members (excludes halogenated alkanes) is 1. The second-order valence-electron chi connectivity index (χ2n) is 4.95. The average molecular weight is 272 g/mol. The normalized spacial score (nSPS) is 10.8. The van der Waals surface area contributed by atoms with Crippen molar-refractivity contribution in [1.29, 1.82) is 0 Å². The van der Waals surface area contributed by atoms with Crippen molar-refractivity contribution >= 4 is 5.78 Å². The number of aromatic nitrogens is 2. The Balaban J connectivity index is 2.68. The summed E-state index contributed by atoms with van der Waals surface area (Å²) in [5.41, 5.74) is 1.62. The molecule has 0 spiro atoms. The Morgan fingerprint density at radius 2 is 1.85 bits per heavy atom. The maximum Gasteiger partial charge on any atom is 0.282 e. The molecule has 0 saturated carbocycles. The average Bonchev–Trinajstić information content (AvgIpc) is 2.68. The predicted octanol–water partition coefficient (Wildman–Crippen LogP) is 2.95. The lowest BCUT2D eigenvalue weighted by Gasteiger charge is -2.13. The molecule has 2 aromatic rings. The molecule has 0 atom stereocenters. The highest BCUT2D eigenvalue weighted by atomic mass is 16.2. The fraction of sp³-hybridized carbons (Fsp3) is 0.375. The van der Waals surface area contributed by atoms with E-state index < -0.39 is 0 Å². The Morgan fingerprint density at radius 3 is 2.40 bits per heavy atom. The van der Waals surface area contributed by atoms with E-state index in [4.69, 9.17) is 0 Å². The van der Waals surface area contributed by atoms with Crippen LogP contribution in [0.4, 0.5) is 0 Å². The van der Waals surface area contributed by atoms with Crippen LogP contribution in [0.5, 0.6) is 0 Å². The van der Waals surface area contributed by atoms with Gasteiger partial charge in [0.2, 0.25) is 0 Å². The molecular weight excluding hydrogens is 252 g/mol. The van der Waals surface area contributed by atoms with E-state index in [9.17, 15) is 9.59 Å². The number of benzene rings is 1. The molecule has 2 rings (SSSR count). The molecule has 0 aliphatic heterocycles. The van der Waals surface area contributed by atoms with Gasteiger partial charge in [0.25, 0.3) is 5.56 Å². The van der Waals surface area contributed by atoms with E-state index in [2.05, 4.69) is 6.92 Å². The molecule has 0 radical (unpaired) electrons. The van der Waals surface area contributed by atoms with Crippen molar-refractivity contribution in [3.05, 3.63) is 51.9 Å². The molecule has 4 nitrogen and oxygen atoms in total. The highest BCUT2D eigenvalue weighted by molar-refractivity contribution is 5.94. The maximum atomic E-state index is 12.5. The lowest BCUT2D eigenvalue weighted by atomic mass is 10.2. The van der Waals surface area contributed by atoms with Crippen LogP contribution in [0.1, 0.15) is 42.7 Å². The van der Waals surface area contributed by atoms with Crippen molar-refractivity contribution in [3.8, 4) is 5.69 Å². The van der Waals surface area contributed by atoms with Gasteiger partial charge >= 0.3 is 0 Å². The summed E-state index contributed by atoms with van der Waals surface area (Å²) in [4.78, 5) is 24.3. The first-order valence-electron chi connectivity index (χ1n) is 6.96. The van der Waals surface area contributed by atoms with Crippen LogP contribution < -0.4 is 5.56 Å². The number of Topliss-reactive ketones (excluding diaryl/α,β-unsaturated/α-hetero) is 1. The van der Waals surface area contributed by atoms with Crippen LogP contribution in [0, 0.1) is 6.92 Å². The van der Waals surface area contributed by atoms with Crippen molar-refractivity contribution < 1.29 is 4.79 Å². The highest BCUT2D eigenvalue weighted by Gasteiger charge is 2.20. The molecule has 0 saturated heterocycles. The number of nitrogens with zero attached hydrogens (tertiary/aromatic N) is 2. The van der Waals surface area contributed by atoms with Crippen LogP contribution in [0.15, 0.2) is 35.1 Å². The van der Waals surface area contributed by atoms with Gasteiger partial charge in [0.1, 0.15) is 5.56 Å². The third-order valence-corrected chi connectivity index (χ3v) is 3.47. The molecule has 0 N–H and O–H groups in total. The first kappa shape index (κ1) is 14.3. The lowest BCUT2D eigenvalue weighted by molar-refractivity contribution is 0.101. The molecule has 0 fully saturated rings. The van der Waals surface area contributed by atoms with Gasteiger partial charge in [-0.1, -0.05) is 31.5 Å². The third kappa shape index (κ3) is 2.46. The molecule has 4 heteroatoms. The Morgan fingerprint density at radius 1 is 1.20 bits per heavy atom. The zero-order chi connectivity index (χ0) is 14.7. The van der Waals surface area contributed by atoms with Crippen LogP contribution >= 0.6 is 0 Å². The van der Waals surface area contributed by atoms with Gasteiger partial charge < -0.3 is 0 Å². The molecule has 0 bridgehead atoms. The quantitative estimate of drug-likeness (QED) is 0.785. The van der Waals surface area contributed by atoms with E-state index in [1.807, 2.05) is 41.9 Å². The van der Waals surface area contributed by atoms with Gasteiger partial charge in [-0.15, -0.1) is 0 Å². The molecule has 1 heterocycles. The SMILES string of the molecule is CCCCn1c(C)c(C(C)=O)c(=O)n1-c1ccccc1. The van der Waals surface area contributed by atoms with Crippen molar-refractivity contribution in [1.82, 2.24) is 9.36 Å². The summed E-state index contributed by atoms with van der Waals surface area (Å²) in [5.74, 6) is -0.174. The van der Waals surface area contributed by atoms with E-state index in [-0.39, 0.29) is 11.3 Å². The first-order chi connectivity index (χ1) is 9.57. The summed E-state index contributed by atoms with van der Waals surface area (Å²) < 4.78 is 3.53.